The van der Waals surface area contributed by atoms with Crippen molar-refractivity contribution in [1.82, 2.24) is 0 Å². The molecule has 0 aliphatic heterocycles. The van der Waals surface area contributed by atoms with Crippen molar-refractivity contribution in [2.75, 3.05) is 0 Å². The summed E-state index contributed by atoms with van der Waals surface area (Å²) in [5.41, 5.74) is -4.08. The third-order valence-corrected chi connectivity index (χ3v) is 2.41. The van der Waals surface area contributed by atoms with Gasteiger partial charge in [-0.2, -0.15) is 35.1 Å². The van der Waals surface area contributed by atoms with Gasteiger partial charge in [-0.3, -0.25) is 0 Å². The minimum atomic E-state index is -5.10. The molecule has 1 aromatic carbocycles. The van der Waals surface area contributed by atoms with Gasteiger partial charge in [0.1, 0.15) is 5.75 Å². The zero-order valence-corrected chi connectivity index (χ0v) is 9.87. The molecule has 9 heteroatoms. The maximum atomic E-state index is 12.7. The van der Waals surface area contributed by atoms with E-state index < -0.39 is 47.8 Å². The average molecular weight is 308 g/mol. The Kier molecular flexibility index (Phi) is 4.50. The maximum Gasteiger partial charge on any atom is 0.416 e. The lowest BCUT2D eigenvalue weighted by molar-refractivity contribution is -0.144. The van der Waals surface area contributed by atoms with Crippen molar-refractivity contribution < 1.29 is 39.9 Å². The Labute approximate surface area is 108 Å². The summed E-state index contributed by atoms with van der Waals surface area (Å²) in [6, 6.07) is 0.0252. The molecule has 114 valence electrons. The second-order valence-corrected chi connectivity index (χ2v) is 3.73. The van der Waals surface area contributed by atoms with Crippen LogP contribution in [0, 0.1) is 0 Å². The summed E-state index contributed by atoms with van der Waals surface area (Å²) in [6.07, 6.45) is -10.6. The molecule has 0 saturated heterocycles. The molecule has 0 bridgehead atoms. The van der Waals surface area contributed by atoms with Crippen LogP contribution in [0.4, 0.5) is 35.1 Å². The fraction of sp³-hybridized carbons (Fsp3) is 0.455. The third-order valence-electron chi connectivity index (χ3n) is 2.41. The predicted molar refractivity (Wildman–Crippen MR) is 52.5 cm³/mol. The second kappa shape index (κ2) is 5.45. The van der Waals surface area contributed by atoms with Crippen LogP contribution in [0.15, 0.2) is 12.1 Å². The molecule has 0 heterocycles. The van der Waals surface area contributed by atoms with Gasteiger partial charge < -0.3 is 4.74 Å². The molecule has 0 atom stereocenters. The topological polar surface area (TPSA) is 9.23 Å². The van der Waals surface area contributed by atoms with E-state index in [4.69, 9.17) is 0 Å². The Morgan fingerprint density at radius 2 is 1.55 bits per heavy atom. The van der Waals surface area contributed by atoms with Gasteiger partial charge in [0.25, 0.3) is 0 Å². The number of alkyl halides is 8. The minimum absolute atomic E-state index is 0.114. The van der Waals surface area contributed by atoms with Crippen molar-refractivity contribution in [1.29, 1.82) is 0 Å². The van der Waals surface area contributed by atoms with Gasteiger partial charge in [0.05, 0.1) is 11.1 Å². The van der Waals surface area contributed by atoms with Crippen LogP contribution in [-0.4, -0.2) is 6.61 Å². The highest BCUT2D eigenvalue weighted by atomic mass is 19.4. The Balaban J connectivity index is 3.56. The Hall–Kier alpha value is -1.54. The van der Waals surface area contributed by atoms with Crippen molar-refractivity contribution in [3.05, 3.63) is 28.8 Å². The summed E-state index contributed by atoms with van der Waals surface area (Å²) in [5.74, 6) is -1.12. The summed E-state index contributed by atoms with van der Waals surface area (Å²) >= 11 is 0. The quantitative estimate of drug-likeness (QED) is 0.723. The van der Waals surface area contributed by atoms with Gasteiger partial charge in [0.2, 0.25) is 0 Å². The molecule has 0 spiro atoms. The van der Waals surface area contributed by atoms with E-state index in [-0.39, 0.29) is 12.1 Å². The summed E-state index contributed by atoms with van der Waals surface area (Å²) in [4.78, 5) is 0. The number of ether oxygens (including phenoxy) is 1. The Morgan fingerprint density at radius 3 is 1.90 bits per heavy atom. The van der Waals surface area contributed by atoms with E-state index in [9.17, 15) is 35.1 Å². The maximum absolute atomic E-state index is 12.7. The number of halogens is 8. The highest BCUT2D eigenvalue weighted by molar-refractivity contribution is 5.46. The average Bonchev–Trinajstić information content (AvgIpc) is 2.24. The number of hydrogen-bond donors (Lipinski definition) is 0. The number of benzene rings is 1. The smallest absolute Gasteiger partial charge is 0.416 e. The van der Waals surface area contributed by atoms with E-state index in [1.165, 1.54) is 6.92 Å². The van der Waals surface area contributed by atoms with Gasteiger partial charge in [-0.25, -0.2) is 0 Å². The van der Waals surface area contributed by atoms with Gasteiger partial charge in [-0.05, 0) is 18.6 Å². The molecule has 0 aromatic heterocycles. The highest BCUT2D eigenvalue weighted by Crippen LogP contribution is 2.41. The first-order chi connectivity index (χ1) is 8.96. The molecule has 0 N–H and O–H groups in total. The van der Waals surface area contributed by atoms with Gasteiger partial charge in [0.15, 0.2) is 0 Å². The summed E-state index contributed by atoms with van der Waals surface area (Å²) in [7, 11) is 0. The molecule has 20 heavy (non-hydrogen) atoms. The van der Waals surface area contributed by atoms with Gasteiger partial charge in [-0.15, -0.1) is 0 Å². The van der Waals surface area contributed by atoms with Crippen LogP contribution in [0.1, 0.15) is 23.6 Å². The molecular formula is C11H8F8O. The largest absolute Gasteiger partial charge is 0.435 e. The fourth-order valence-corrected chi connectivity index (χ4v) is 1.63. The van der Waals surface area contributed by atoms with Crippen molar-refractivity contribution in [3.8, 4) is 5.75 Å². The zero-order valence-electron chi connectivity index (χ0n) is 9.87. The molecule has 1 nitrogen and oxygen atoms in total. The monoisotopic (exact) mass is 308 g/mol. The van der Waals surface area contributed by atoms with Gasteiger partial charge in [0, 0.05) is 5.56 Å². The van der Waals surface area contributed by atoms with Crippen LogP contribution < -0.4 is 4.74 Å². The van der Waals surface area contributed by atoms with Crippen molar-refractivity contribution >= 4 is 0 Å². The zero-order chi connectivity index (χ0) is 15.7. The molecule has 0 radical (unpaired) electrons. The molecule has 0 amide bonds. The molecule has 0 saturated carbocycles. The van der Waals surface area contributed by atoms with E-state index >= 15 is 0 Å². The van der Waals surface area contributed by atoms with Crippen LogP contribution >= 0.6 is 0 Å². The summed E-state index contributed by atoms with van der Waals surface area (Å²) in [6.45, 7) is -2.33. The van der Waals surface area contributed by atoms with Crippen molar-refractivity contribution in [2.45, 2.75) is 32.3 Å². The Bertz CT molecular complexity index is 475. The van der Waals surface area contributed by atoms with Crippen LogP contribution in [0.2, 0.25) is 0 Å². The van der Waals surface area contributed by atoms with E-state index in [1.54, 1.807) is 0 Å². The van der Waals surface area contributed by atoms with E-state index in [2.05, 4.69) is 4.74 Å². The highest BCUT2D eigenvalue weighted by Gasteiger charge is 2.39. The second-order valence-electron chi connectivity index (χ2n) is 3.73. The SMILES string of the molecule is CCc1c(OC(F)F)cc(C(F)(F)F)cc1C(F)(F)F. The van der Waals surface area contributed by atoms with Crippen LogP contribution in [0.25, 0.3) is 0 Å². The number of hydrogen-bond acceptors (Lipinski definition) is 1. The third kappa shape index (κ3) is 3.73. The van der Waals surface area contributed by atoms with Crippen molar-refractivity contribution in [3.63, 3.8) is 0 Å². The van der Waals surface area contributed by atoms with Crippen molar-refractivity contribution in [2.24, 2.45) is 0 Å². The molecule has 1 rings (SSSR count). The Morgan fingerprint density at radius 1 is 1.00 bits per heavy atom. The van der Waals surface area contributed by atoms with Crippen LogP contribution in [0.3, 0.4) is 0 Å². The van der Waals surface area contributed by atoms with Gasteiger partial charge >= 0.3 is 19.0 Å². The van der Waals surface area contributed by atoms with E-state index in [1.807, 2.05) is 0 Å². The van der Waals surface area contributed by atoms with E-state index in [0.29, 0.717) is 0 Å². The molecule has 0 aliphatic rings. The first-order valence-corrected chi connectivity index (χ1v) is 5.23. The van der Waals surface area contributed by atoms with Gasteiger partial charge in [-0.1, -0.05) is 6.92 Å². The first-order valence-electron chi connectivity index (χ1n) is 5.23. The lowest BCUT2D eigenvalue weighted by Gasteiger charge is -2.19. The molecular weight excluding hydrogens is 300 g/mol. The normalized spacial score (nSPS) is 12.9. The summed E-state index contributed by atoms with van der Waals surface area (Å²) < 4.78 is 104. The molecule has 0 aliphatic carbocycles. The predicted octanol–water partition coefficient (Wildman–Crippen LogP) is 4.89. The first kappa shape index (κ1) is 16.5. The molecule has 0 fully saturated rings. The standard InChI is InChI=1S/C11H8F8O/c1-2-6-7(11(17,18)19)3-5(10(14,15)16)4-8(6)20-9(12)13/h3-4,9H,2H2,1H3. The fourth-order valence-electron chi connectivity index (χ4n) is 1.63. The van der Waals surface area contributed by atoms with Crippen LogP contribution in [-0.2, 0) is 18.8 Å². The summed E-state index contributed by atoms with van der Waals surface area (Å²) in [5, 5.41) is 0. The lowest BCUT2D eigenvalue weighted by atomic mass is 9.99. The number of rotatable bonds is 3. The van der Waals surface area contributed by atoms with Crippen LogP contribution in [0.5, 0.6) is 5.75 Å². The minimum Gasteiger partial charge on any atom is -0.435 e. The molecule has 1 aromatic rings. The lowest BCUT2D eigenvalue weighted by Crippen LogP contribution is -2.16. The van der Waals surface area contributed by atoms with E-state index in [0.717, 1.165) is 0 Å². The molecule has 0 unspecified atom stereocenters.